The summed E-state index contributed by atoms with van der Waals surface area (Å²) in [6.45, 7) is 0. The van der Waals surface area contributed by atoms with Gasteiger partial charge in [0.15, 0.2) is 0 Å². The maximum absolute atomic E-state index is 10.8. The topological polar surface area (TPSA) is 92.3 Å². The highest BCUT2D eigenvalue weighted by Gasteiger charge is 2.01. The summed E-state index contributed by atoms with van der Waals surface area (Å²) < 4.78 is 46.7. The van der Waals surface area contributed by atoms with Crippen LogP contribution in [0.3, 0.4) is 0 Å². The third kappa shape index (κ3) is 4.66. The Morgan fingerprint density at radius 3 is 1.93 bits per heavy atom. The van der Waals surface area contributed by atoms with Crippen molar-refractivity contribution in [1.82, 2.24) is 0 Å². The van der Waals surface area contributed by atoms with Crippen LogP contribution < -0.4 is 9.44 Å². The van der Waals surface area contributed by atoms with Crippen molar-refractivity contribution in [3.8, 4) is 0 Å². The number of benzene rings is 1. The molecule has 0 amide bonds. The maximum atomic E-state index is 10.8. The van der Waals surface area contributed by atoms with Crippen LogP contribution in [0.5, 0.6) is 0 Å². The maximum Gasteiger partial charge on any atom is 0.229 e. The zero-order valence-electron chi connectivity index (χ0n) is 7.80. The Bertz CT molecular complexity index is 496. The lowest BCUT2D eigenvalue weighted by molar-refractivity contribution is 0.606. The average Bonchev–Trinajstić information content (AvgIpc) is 2.05. The normalized spacial score (nSPS) is 11.3. The van der Waals surface area contributed by atoms with Gasteiger partial charge >= 0.3 is 0 Å². The van der Waals surface area contributed by atoms with Crippen molar-refractivity contribution in [2.75, 3.05) is 15.7 Å². The zero-order valence-corrected chi connectivity index (χ0v) is 9.51. The number of hydrogen-bond acceptors (Lipinski definition) is 4. The van der Waals surface area contributed by atoms with Gasteiger partial charge in [-0.05, 0) is 24.3 Å². The lowest BCUT2D eigenvalue weighted by Crippen LogP contribution is -2.09. The van der Waals surface area contributed by atoms with Gasteiger partial charge in [0.25, 0.3) is 0 Å². The molecule has 0 unspecified atom stereocenters. The Labute approximate surface area is 89.4 Å². The fraction of sp³-hybridized carbons (Fsp3) is 0.143. The lowest BCUT2D eigenvalue weighted by atomic mass is 10.3. The van der Waals surface area contributed by atoms with E-state index < -0.39 is 20.9 Å². The van der Waals surface area contributed by atoms with E-state index in [1.165, 1.54) is 24.3 Å². The number of rotatable bonds is 4. The van der Waals surface area contributed by atoms with E-state index in [9.17, 15) is 16.8 Å². The highest BCUT2D eigenvalue weighted by atomic mass is 32.2. The Morgan fingerprint density at radius 2 is 1.53 bits per heavy atom. The molecule has 0 atom stereocenters. The molecule has 0 bridgehead atoms. The predicted molar refractivity (Wildman–Crippen MR) is 58.8 cm³/mol. The minimum absolute atomic E-state index is 0.379. The third-order valence-electron chi connectivity index (χ3n) is 1.41. The standard InChI is InChI=1S/C7H10N2O4S2/c1-15(12,13)9-7-4-2-6(3-5-7)8-14(10)11/h2-5,9,14H,1H3,(H,8,10,11). The number of nitrogens with one attached hydrogen (secondary N) is 2. The molecule has 0 radical (unpaired) electrons. The van der Waals surface area contributed by atoms with Crippen molar-refractivity contribution in [3.05, 3.63) is 24.3 Å². The SMILES string of the molecule is CS(=O)(=O)Nc1ccc(N[SH](=O)=O)cc1. The van der Waals surface area contributed by atoms with Gasteiger partial charge in [-0.1, -0.05) is 0 Å². The van der Waals surface area contributed by atoms with Crippen molar-refractivity contribution in [3.63, 3.8) is 0 Å². The Hall–Kier alpha value is -1.28. The van der Waals surface area contributed by atoms with Crippen LogP contribution in [0.25, 0.3) is 0 Å². The van der Waals surface area contributed by atoms with Crippen LogP contribution in [0.2, 0.25) is 0 Å². The molecule has 2 N–H and O–H groups in total. The zero-order chi connectivity index (χ0) is 11.5. The molecule has 1 aromatic rings. The van der Waals surface area contributed by atoms with Gasteiger partial charge in [-0.25, -0.2) is 16.8 Å². The molecule has 6 nitrogen and oxygen atoms in total. The highest BCUT2D eigenvalue weighted by molar-refractivity contribution is 7.92. The molecular formula is C7H10N2O4S2. The summed E-state index contributed by atoms with van der Waals surface area (Å²) in [5.74, 6) is 0. The van der Waals surface area contributed by atoms with Gasteiger partial charge in [0.2, 0.25) is 20.9 Å². The summed E-state index contributed by atoms with van der Waals surface area (Å²) in [7, 11) is -6.00. The van der Waals surface area contributed by atoms with Gasteiger partial charge in [0.05, 0.1) is 6.26 Å². The second kappa shape index (κ2) is 4.49. The van der Waals surface area contributed by atoms with Gasteiger partial charge in [-0.15, -0.1) is 0 Å². The molecule has 84 valence electrons. The quantitative estimate of drug-likeness (QED) is 0.656. The number of hydrogen-bond donors (Lipinski definition) is 3. The van der Waals surface area contributed by atoms with Crippen LogP contribution in [0.15, 0.2) is 24.3 Å². The molecular weight excluding hydrogens is 240 g/mol. The molecule has 15 heavy (non-hydrogen) atoms. The van der Waals surface area contributed by atoms with E-state index in [1.54, 1.807) is 0 Å². The summed E-state index contributed by atoms with van der Waals surface area (Å²) in [6, 6.07) is 5.84. The van der Waals surface area contributed by atoms with E-state index in [-0.39, 0.29) is 0 Å². The summed E-state index contributed by atoms with van der Waals surface area (Å²) in [4.78, 5) is 0. The molecule has 0 fully saturated rings. The van der Waals surface area contributed by atoms with Crippen LogP contribution >= 0.6 is 0 Å². The van der Waals surface area contributed by atoms with Gasteiger partial charge in [-0.2, -0.15) is 0 Å². The molecule has 0 aromatic heterocycles. The van der Waals surface area contributed by atoms with Crippen molar-refractivity contribution >= 4 is 32.3 Å². The van der Waals surface area contributed by atoms with Crippen LogP contribution in [0.1, 0.15) is 0 Å². The monoisotopic (exact) mass is 250 g/mol. The molecule has 0 saturated carbocycles. The van der Waals surface area contributed by atoms with Crippen LogP contribution in [-0.4, -0.2) is 23.1 Å². The number of thiol groups is 1. The lowest BCUT2D eigenvalue weighted by Gasteiger charge is -2.04. The largest absolute Gasteiger partial charge is 0.286 e. The molecule has 0 saturated heterocycles. The van der Waals surface area contributed by atoms with E-state index in [2.05, 4.69) is 9.44 Å². The Morgan fingerprint density at radius 1 is 1.07 bits per heavy atom. The van der Waals surface area contributed by atoms with Gasteiger partial charge < -0.3 is 0 Å². The minimum atomic E-state index is -3.30. The minimum Gasteiger partial charge on any atom is -0.286 e. The first-order chi connectivity index (χ1) is 6.87. The van der Waals surface area contributed by atoms with Crippen molar-refractivity contribution in [2.45, 2.75) is 0 Å². The van der Waals surface area contributed by atoms with Crippen molar-refractivity contribution < 1.29 is 16.8 Å². The number of anilines is 2. The van der Waals surface area contributed by atoms with Crippen LogP contribution in [-0.2, 0) is 20.9 Å². The molecule has 8 heteroatoms. The average molecular weight is 250 g/mol. The Kier molecular flexibility index (Phi) is 3.53. The van der Waals surface area contributed by atoms with Crippen LogP contribution in [0.4, 0.5) is 11.4 Å². The van der Waals surface area contributed by atoms with Crippen molar-refractivity contribution in [2.24, 2.45) is 0 Å². The fourth-order valence-corrected chi connectivity index (χ4v) is 1.86. The third-order valence-corrected chi connectivity index (χ3v) is 2.46. The second-order valence-corrected chi connectivity index (χ2v) is 5.31. The predicted octanol–water partition coefficient (Wildman–Crippen LogP) is -0.00360. The van der Waals surface area contributed by atoms with E-state index in [1.807, 2.05) is 0 Å². The summed E-state index contributed by atoms with van der Waals surface area (Å²) >= 11 is 0. The van der Waals surface area contributed by atoms with Gasteiger partial charge in [0.1, 0.15) is 0 Å². The highest BCUT2D eigenvalue weighted by Crippen LogP contribution is 2.14. The molecule has 0 spiro atoms. The molecule has 1 rings (SSSR count). The van der Waals surface area contributed by atoms with E-state index in [0.29, 0.717) is 11.4 Å². The smallest absolute Gasteiger partial charge is 0.229 e. The van der Waals surface area contributed by atoms with E-state index in [4.69, 9.17) is 0 Å². The molecule has 0 aliphatic rings. The summed E-state index contributed by atoms with van der Waals surface area (Å²) in [5.41, 5.74) is 0.759. The van der Waals surface area contributed by atoms with E-state index >= 15 is 0 Å². The fourth-order valence-electron chi connectivity index (χ4n) is 0.932. The van der Waals surface area contributed by atoms with Gasteiger partial charge in [-0.3, -0.25) is 9.44 Å². The first-order valence-electron chi connectivity index (χ1n) is 3.86. The molecule has 1 aromatic carbocycles. The first kappa shape index (κ1) is 11.8. The number of sulfonamides is 1. The molecule has 0 heterocycles. The first-order valence-corrected chi connectivity index (χ1v) is 6.92. The summed E-state index contributed by atoms with van der Waals surface area (Å²) in [5, 5.41) is 0. The Balaban J connectivity index is 2.81. The van der Waals surface area contributed by atoms with Crippen LogP contribution in [0, 0.1) is 0 Å². The second-order valence-electron chi connectivity index (χ2n) is 2.82. The summed E-state index contributed by atoms with van der Waals surface area (Å²) in [6.07, 6.45) is 1.04. The van der Waals surface area contributed by atoms with E-state index in [0.717, 1.165) is 6.26 Å². The molecule has 0 aliphatic heterocycles. The van der Waals surface area contributed by atoms with Crippen molar-refractivity contribution in [1.29, 1.82) is 0 Å². The van der Waals surface area contributed by atoms with Gasteiger partial charge in [0, 0.05) is 11.4 Å². The molecule has 0 aliphatic carbocycles.